The number of nitrogens with two attached hydrogens (primary N) is 1. The second-order valence-electron chi connectivity index (χ2n) is 8.92. The SMILES string of the molecule is COCCCNC(=O)Cc1cccc(CC(C)(C)NC[C@H](O)c2ccc(O)c(NC(N)=O)c2)c1. The third-order valence-corrected chi connectivity index (χ3v) is 5.29. The summed E-state index contributed by atoms with van der Waals surface area (Å²) in [6.45, 7) is 5.53. The third-order valence-electron chi connectivity index (χ3n) is 5.29. The number of aliphatic hydroxyl groups excluding tert-OH is 1. The Morgan fingerprint density at radius 1 is 1.15 bits per heavy atom. The van der Waals surface area contributed by atoms with E-state index in [1.165, 1.54) is 12.1 Å². The van der Waals surface area contributed by atoms with Gasteiger partial charge in [-0.05, 0) is 55.5 Å². The highest BCUT2D eigenvalue weighted by Crippen LogP contribution is 2.27. The average Bonchev–Trinajstić information content (AvgIpc) is 2.76. The van der Waals surface area contributed by atoms with E-state index in [-0.39, 0.29) is 29.4 Å². The molecule has 0 saturated carbocycles. The van der Waals surface area contributed by atoms with E-state index in [2.05, 4.69) is 16.0 Å². The molecule has 0 saturated heterocycles. The van der Waals surface area contributed by atoms with Crippen LogP contribution in [0.2, 0.25) is 0 Å². The number of aliphatic hydroxyl groups is 1. The van der Waals surface area contributed by atoms with Crippen molar-refractivity contribution in [3.8, 4) is 5.75 Å². The Morgan fingerprint density at radius 3 is 2.59 bits per heavy atom. The first-order valence-electron chi connectivity index (χ1n) is 11.3. The predicted octanol–water partition coefficient (Wildman–Crippen LogP) is 2.22. The zero-order valence-electron chi connectivity index (χ0n) is 20.1. The lowest BCUT2D eigenvalue weighted by molar-refractivity contribution is -0.120. The Morgan fingerprint density at radius 2 is 1.88 bits per heavy atom. The van der Waals surface area contributed by atoms with Gasteiger partial charge < -0.3 is 36.6 Å². The van der Waals surface area contributed by atoms with Crippen molar-refractivity contribution in [2.75, 3.05) is 32.1 Å². The molecule has 0 heterocycles. The molecule has 0 aliphatic heterocycles. The number of carbonyl (C=O) groups is 2. The molecule has 0 aromatic heterocycles. The van der Waals surface area contributed by atoms with Crippen molar-refractivity contribution in [2.45, 2.75) is 44.8 Å². The number of phenols is 1. The number of anilines is 1. The van der Waals surface area contributed by atoms with Crippen molar-refractivity contribution < 1.29 is 24.5 Å². The summed E-state index contributed by atoms with van der Waals surface area (Å²) < 4.78 is 4.98. The van der Waals surface area contributed by atoms with E-state index in [0.717, 1.165) is 17.5 Å². The number of hydrogen-bond acceptors (Lipinski definition) is 6. The fourth-order valence-electron chi connectivity index (χ4n) is 3.60. The van der Waals surface area contributed by atoms with Crippen LogP contribution in [0.25, 0.3) is 0 Å². The van der Waals surface area contributed by atoms with Gasteiger partial charge in [0.2, 0.25) is 5.91 Å². The Balaban J connectivity index is 1.92. The second kappa shape index (κ2) is 12.9. The molecule has 0 bridgehead atoms. The van der Waals surface area contributed by atoms with Crippen LogP contribution in [0.1, 0.15) is 43.1 Å². The van der Waals surface area contributed by atoms with Crippen LogP contribution in [0.5, 0.6) is 5.75 Å². The molecule has 0 unspecified atom stereocenters. The van der Waals surface area contributed by atoms with Gasteiger partial charge in [-0.25, -0.2) is 4.79 Å². The molecule has 2 rings (SSSR count). The van der Waals surface area contributed by atoms with E-state index in [0.29, 0.717) is 31.6 Å². The first-order chi connectivity index (χ1) is 16.1. The minimum Gasteiger partial charge on any atom is -0.506 e. The number of rotatable bonds is 13. The van der Waals surface area contributed by atoms with E-state index in [9.17, 15) is 19.8 Å². The minimum atomic E-state index is -0.860. The number of nitrogens with one attached hydrogen (secondary N) is 3. The van der Waals surface area contributed by atoms with Gasteiger partial charge in [0.1, 0.15) is 5.75 Å². The highest BCUT2D eigenvalue weighted by atomic mass is 16.5. The van der Waals surface area contributed by atoms with Crippen molar-refractivity contribution >= 4 is 17.6 Å². The van der Waals surface area contributed by atoms with Gasteiger partial charge >= 0.3 is 6.03 Å². The molecule has 1 atom stereocenters. The van der Waals surface area contributed by atoms with Gasteiger partial charge in [-0.3, -0.25) is 4.79 Å². The summed E-state index contributed by atoms with van der Waals surface area (Å²) in [5, 5.41) is 29.0. The van der Waals surface area contributed by atoms with E-state index in [1.54, 1.807) is 13.2 Å². The average molecular weight is 473 g/mol. The number of benzene rings is 2. The summed E-state index contributed by atoms with van der Waals surface area (Å²) >= 11 is 0. The van der Waals surface area contributed by atoms with Crippen LogP contribution in [0.4, 0.5) is 10.5 Å². The lowest BCUT2D eigenvalue weighted by atomic mass is 9.93. The maximum atomic E-state index is 12.2. The molecular formula is C25H36N4O5. The second-order valence-corrected chi connectivity index (χ2v) is 8.92. The number of phenolic OH excluding ortho intramolecular Hbond substituents is 1. The number of ether oxygens (including phenoxy) is 1. The molecule has 0 fully saturated rings. The molecule has 186 valence electrons. The van der Waals surface area contributed by atoms with Crippen molar-refractivity contribution in [3.63, 3.8) is 0 Å². The standard InChI is InChI=1S/C25H36N4O5/c1-25(2,28-16-22(31)19-8-9-21(30)20(14-19)29-24(26)33)15-18-7-4-6-17(12-18)13-23(32)27-10-5-11-34-3/h4,6-9,12,14,22,28,30-31H,5,10-11,13,15-16H2,1-3H3,(H,27,32)(H3,26,29,33)/t22-/m0/s1. The molecule has 34 heavy (non-hydrogen) atoms. The fraction of sp³-hybridized carbons (Fsp3) is 0.440. The number of urea groups is 1. The summed E-state index contributed by atoms with van der Waals surface area (Å²) in [6, 6.07) is 11.6. The van der Waals surface area contributed by atoms with Crippen molar-refractivity contribution in [1.82, 2.24) is 10.6 Å². The summed E-state index contributed by atoms with van der Waals surface area (Å²) in [5.74, 6) is -0.153. The number of carbonyl (C=O) groups excluding carboxylic acids is 2. The zero-order valence-corrected chi connectivity index (χ0v) is 20.1. The molecule has 9 heteroatoms. The lowest BCUT2D eigenvalue weighted by Gasteiger charge is -2.28. The van der Waals surface area contributed by atoms with E-state index in [4.69, 9.17) is 10.5 Å². The van der Waals surface area contributed by atoms with Gasteiger partial charge in [0.15, 0.2) is 0 Å². The molecule has 0 radical (unpaired) electrons. The largest absolute Gasteiger partial charge is 0.506 e. The van der Waals surface area contributed by atoms with E-state index >= 15 is 0 Å². The molecule has 3 amide bonds. The van der Waals surface area contributed by atoms with Crippen molar-refractivity contribution in [3.05, 3.63) is 59.2 Å². The Labute approximate surface area is 200 Å². The maximum Gasteiger partial charge on any atom is 0.316 e. The number of hydrogen-bond donors (Lipinski definition) is 6. The minimum absolute atomic E-state index is 0.0205. The van der Waals surface area contributed by atoms with Crippen molar-refractivity contribution in [1.29, 1.82) is 0 Å². The van der Waals surface area contributed by atoms with Crippen LogP contribution in [0, 0.1) is 0 Å². The van der Waals surface area contributed by atoms with Gasteiger partial charge in [0.05, 0.1) is 18.2 Å². The predicted molar refractivity (Wildman–Crippen MR) is 132 cm³/mol. The Bertz CT molecular complexity index is 964. The Hall–Kier alpha value is -3.14. The number of aromatic hydroxyl groups is 1. The molecular weight excluding hydrogens is 436 g/mol. The summed E-state index contributed by atoms with van der Waals surface area (Å²) in [4.78, 5) is 23.2. The lowest BCUT2D eigenvalue weighted by Crippen LogP contribution is -2.43. The van der Waals surface area contributed by atoms with Gasteiger partial charge in [-0.2, -0.15) is 0 Å². The van der Waals surface area contributed by atoms with Crippen LogP contribution in [-0.4, -0.2) is 54.5 Å². The van der Waals surface area contributed by atoms with Gasteiger partial charge in [0.25, 0.3) is 0 Å². The summed E-state index contributed by atoms with van der Waals surface area (Å²) in [7, 11) is 1.64. The first kappa shape index (κ1) is 27.1. The molecule has 2 aromatic carbocycles. The summed E-state index contributed by atoms with van der Waals surface area (Å²) in [5.41, 5.74) is 7.47. The number of primary amides is 1. The van der Waals surface area contributed by atoms with Crippen molar-refractivity contribution in [2.24, 2.45) is 5.73 Å². The molecule has 9 nitrogen and oxygen atoms in total. The third kappa shape index (κ3) is 9.38. The molecule has 0 aliphatic carbocycles. The highest BCUT2D eigenvalue weighted by Gasteiger charge is 2.21. The zero-order chi connectivity index (χ0) is 25.1. The maximum absolute atomic E-state index is 12.2. The Kier molecular flexibility index (Phi) is 10.3. The van der Waals surface area contributed by atoms with Crippen LogP contribution >= 0.6 is 0 Å². The van der Waals surface area contributed by atoms with Gasteiger partial charge in [-0.1, -0.05) is 30.3 Å². The molecule has 7 N–H and O–H groups in total. The van der Waals surface area contributed by atoms with Crippen LogP contribution in [-0.2, 0) is 22.4 Å². The number of amides is 3. The quantitative estimate of drug-likeness (QED) is 0.195. The van der Waals surface area contributed by atoms with E-state index < -0.39 is 12.1 Å². The fourth-order valence-corrected chi connectivity index (χ4v) is 3.60. The topological polar surface area (TPSA) is 146 Å². The summed E-state index contributed by atoms with van der Waals surface area (Å²) in [6.07, 6.45) is 0.922. The van der Waals surface area contributed by atoms with E-state index in [1.807, 2.05) is 38.1 Å². The normalized spacial score (nSPS) is 12.2. The monoisotopic (exact) mass is 472 g/mol. The molecule has 0 aliphatic rings. The number of β-amino-alcohol motifs (C(OH)–C–C–N with tert-alkyl or cyclic N) is 1. The van der Waals surface area contributed by atoms with Crippen LogP contribution < -0.4 is 21.7 Å². The molecule has 0 spiro atoms. The number of methoxy groups -OCH3 is 1. The van der Waals surface area contributed by atoms with Gasteiger partial charge in [-0.15, -0.1) is 0 Å². The highest BCUT2D eigenvalue weighted by molar-refractivity contribution is 5.89. The first-order valence-corrected chi connectivity index (χ1v) is 11.3. The van der Waals surface area contributed by atoms with Gasteiger partial charge in [0, 0.05) is 32.3 Å². The smallest absolute Gasteiger partial charge is 0.316 e. The molecule has 2 aromatic rings. The van der Waals surface area contributed by atoms with Crippen LogP contribution in [0.3, 0.4) is 0 Å². The van der Waals surface area contributed by atoms with Crippen LogP contribution in [0.15, 0.2) is 42.5 Å².